The minimum atomic E-state index is -0.781. The van der Waals surface area contributed by atoms with Crippen LogP contribution in [0.15, 0.2) is 18.2 Å². The second-order valence-electron chi connectivity index (χ2n) is 9.46. The molecule has 1 aliphatic carbocycles. The van der Waals surface area contributed by atoms with Crippen molar-refractivity contribution in [1.82, 2.24) is 10.2 Å². The summed E-state index contributed by atoms with van der Waals surface area (Å²) in [6.07, 6.45) is 8.99. The average Bonchev–Trinajstić information content (AvgIpc) is 3.34. The first-order valence-corrected chi connectivity index (χ1v) is 12.3. The summed E-state index contributed by atoms with van der Waals surface area (Å²) in [5.41, 5.74) is 0.772. The zero-order valence-electron chi connectivity index (χ0n) is 18.9. The van der Waals surface area contributed by atoms with Crippen LogP contribution in [0.3, 0.4) is 0 Å². The Morgan fingerprint density at radius 1 is 1.19 bits per heavy atom. The number of ether oxygens (including phenoxy) is 2. The number of aliphatic hydroxyl groups is 1. The Kier molecular flexibility index (Phi) is 7.72. The standard InChI is InChI=1S/C25H38N2O4/c1-2-3-4-5-6-9-24(28)26-20(16-27-12-7-8-13-27)25(29)18-10-11-21-23(14-18)31-22-15-19(22)17-30-21/h10-11,14,19-20,22,25,29H,2-9,12-13,15-17H2,1H3,(H,26,28). The Morgan fingerprint density at radius 3 is 2.81 bits per heavy atom. The van der Waals surface area contributed by atoms with E-state index in [-0.39, 0.29) is 18.1 Å². The van der Waals surface area contributed by atoms with Crippen LogP contribution in [0.4, 0.5) is 0 Å². The highest BCUT2D eigenvalue weighted by atomic mass is 16.5. The normalized spacial score (nSPS) is 24.2. The number of fused-ring (bicyclic) bond motifs is 2. The molecular weight excluding hydrogens is 392 g/mol. The number of carbonyl (C=O) groups is 1. The number of rotatable bonds is 11. The van der Waals surface area contributed by atoms with Gasteiger partial charge in [0, 0.05) is 18.9 Å². The molecule has 0 aromatic heterocycles. The van der Waals surface area contributed by atoms with Gasteiger partial charge in [-0.1, -0.05) is 38.7 Å². The molecule has 6 nitrogen and oxygen atoms in total. The number of nitrogens with one attached hydrogen (secondary N) is 1. The molecule has 2 fully saturated rings. The van der Waals surface area contributed by atoms with Gasteiger partial charge in [0.1, 0.15) is 12.2 Å². The van der Waals surface area contributed by atoms with Crippen molar-refractivity contribution in [1.29, 1.82) is 0 Å². The van der Waals surface area contributed by atoms with Gasteiger partial charge in [-0.15, -0.1) is 0 Å². The Balaban J connectivity index is 1.39. The van der Waals surface area contributed by atoms with Crippen LogP contribution in [0.2, 0.25) is 0 Å². The summed E-state index contributed by atoms with van der Waals surface area (Å²) in [5.74, 6) is 1.98. The number of aliphatic hydroxyl groups excluding tert-OH is 1. The third-order valence-electron chi connectivity index (χ3n) is 6.79. The third kappa shape index (κ3) is 6.13. The summed E-state index contributed by atoms with van der Waals surface area (Å²) in [4.78, 5) is 15.0. The maximum absolute atomic E-state index is 12.6. The Labute approximate surface area is 186 Å². The monoisotopic (exact) mass is 430 g/mol. The first-order valence-electron chi connectivity index (χ1n) is 12.3. The van der Waals surface area contributed by atoms with Crippen molar-refractivity contribution < 1.29 is 19.4 Å². The predicted molar refractivity (Wildman–Crippen MR) is 120 cm³/mol. The minimum absolute atomic E-state index is 0.0370. The molecule has 2 aliphatic heterocycles. The van der Waals surface area contributed by atoms with Crippen molar-refractivity contribution >= 4 is 5.91 Å². The SMILES string of the molecule is CCCCCCCC(=O)NC(CN1CCCC1)C(O)c1ccc2c(c1)OC1CC1CO2. The first-order chi connectivity index (χ1) is 15.1. The Bertz CT molecular complexity index is 734. The molecule has 0 spiro atoms. The second kappa shape index (κ2) is 10.7. The highest BCUT2D eigenvalue weighted by Gasteiger charge is 2.42. The fourth-order valence-corrected chi connectivity index (χ4v) is 4.69. The van der Waals surface area contributed by atoms with Gasteiger partial charge in [-0.05, 0) is 56.5 Å². The van der Waals surface area contributed by atoms with Crippen molar-refractivity contribution in [3.05, 3.63) is 23.8 Å². The molecule has 0 radical (unpaired) electrons. The smallest absolute Gasteiger partial charge is 0.220 e. The lowest BCUT2D eigenvalue weighted by Gasteiger charge is -2.29. The predicted octanol–water partition coefficient (Wildman–Crippen LogP) is 3.82. The second-order valence-corrected chi connectivity index (χ2v) is 9.46. The van der Waals surface area contributed by atoms with Crippen LogP contribution in [0.25, 0.3) is 0 Å². The van der Waals surface area contributed by atoms with Gasteiger partial charge in [0.25, 0.3) is 0 Å². The van der Waals surface area contributed by atoms with E-state index in [1.807, 2.05) is 18.2 Å². The van der Waals surface area contributed by atoms with Crippen molar-refractivity contribution in [2.24, 2.45) is 5.92 Å². The molecule has 172 valence electrons. The molecule has 1 saturated carbocycles. The summed E-state index contributed by atoms with van der Waals surface area (Å²) >= 11 is 0. The number of hydrogen-bond acceptors (Lipinski definition) is 5. The highest BCUT2D eigenvalue weighted by Crippen LogP contribution is 2.43. The molecule has 4 atom stereocenters. The van der Waals surface area contributed by atoms with Crippen LogP contribution in [-0.4, -0.2) is 54.3 Å². The quantitative estimate of drug-likeness (QED) is 0.522. The van der Waals surface area contributed by atoms with Gasteiger partial charge in [0.2, 0.25) is 5.91 Å². The highest BCUT2D eigenvalue weighted by molar-refractivity contribution is 5.76. The summed E-state index contributed by atoms with van der Waals surface area (Å²) < 4.78 is 11.9. The molecular formula is C25H38N2O4. The van der Waals surface area contributed by atoms with Crippen LogP contribution >= 0.6 is 0 Å². The maximum Gasteiger partial charge on any atom is 0.220 e. The maximum atomic E-state index is 12.6. The van der Waals surface area contributed by atoms with E-state index in [0.29, 0.717) is 31.2 Å². The van der Waals surface area contributed by atoms with Gasteiger partial charge in [-0.25, -0.2) is 0 Å². The fraction of sp³-hybridized carbons (Fsp3) is 0.720. The topological polar surface area (TPSA) is 71.0 Å². The van der Waals surface area contributed by atoms with Crippen LogP contribution < -0.4 is 14.8 Å². The summed E-state index contributed by atoms with van der Waals surface area (Å²) in [5, 5.41) is 14.4. The van der Waals surface area contributed by atoms with E-state index in [0.717, 1.165) is 43.7 Å². The van der Waals surface area contributed by atoms with E-state index in [9.17, 15) is 9.90 Å². The molecule has 4 rings (SSSR count). The molecule has 2 N–H and O–H groups in total. The lowest BCUT2D eigenvalue weighted by Crippen LogP contribution is -2.46. The number of hydrogen-bond donors (Lipinski definition) is 2. The van der Waals surface area contributed by atoms with Crippen molar-refractivity contribution in [3.63, 3.8) is 0 Å². The van der Waals surface area contributed by atoms with Crippen molar-refractivity contribution in [2.75, 3.05) is 26.2 Å². The first kappa shape index (κ1) is 22.4. The molecule has 0 bridgehead atoms. The summed E-state index contributed by atoms with van der Waals surface area (Å²) in [6, 6.07) is 5.35. The van der Waals surface area contributed by atoms with E-state index in [4.69, 9.17) is 9.47 Å². The molecule has 1 saturated heterocycles. The number of carbonyl (C=O) groups excluding carboxylic acids is 1. The molecule has 31 heavy (non-hydrogen) atoms. The number of benzene rings is 1. The molecule has 1 amide bonds. The van der Waals surface area contributed by atoms with Gasteiger partial charge >= 0.3 is 0 Å². The number of amides is 1. The molecule has 2 heterocycles. The van der Waals surface area contributed by atoms with E-state index < -0.39 is 6.10 Å². The zero-order valence-corrected chi connectivity index (χ0v) is 18.9. The van der Waals surface area contributed by atoms with Gasteiger partial charge in [0.05, 0.1) is 12.6 Å². The summed E-state index contributed by atoms with van der Waals surface area (Å²) in [7, 11) is 0. The van der Waals surface area contributed by atoms with Gasteiger partial charge < -0.3 is 24.8 Å². The van der Waals surface area contributed by atoms with E-state index in [2.05, 4.69) is 17.1 Å². The van der Waals surface area contributed by atoms with Crippen LogP contribution in [0, 0.1) is 5.92 Å². The van der Waals surface area contributed by atoms with Crippen LogP contribution in [-0.2, 0) is 4.79 Å². The van der Waals surface area contributed by atoms with Gasteiger partial charge in [0.15, 0.2) is 11.5 Å². The number of nitrogens with zero attached hydrogens (tertiary/aromatic N) is 1. The lowest BCUT2D eigenvalue weighted by molar-refractivity contribution is -0.123. The largest absolute Gasteiger partial charge is 0.489 e. The fourth-order valence-electron chi connectivity index (χ4n) is 4.69. The summed E-state index contributed by atoms with van der Waals surface area (Å²) in [6.45, 7) is 5.62. The van der Waals surface area contributed by atoms with Gasteiger partial charge in [-0.2, -0.15) is 0 Å². The molecule has 6 heteroatoms. The van der Waals surface area contributed by atoms with Crippen LogP contribution in [0.5, 0.6) is 11.5 Å². The van der Waals surface area contributed by atoms with Gasteiger partial charge in [-0.3, -0.25) is 4.79 Å². The Morgan fingerprint density at radius 2 is 2.00 bits per heavy atom. The number of unbranched alkanes of at least 4 members (excludes halogenated alkanes) is 4. The van der Waals surface area contributed by atoms with E-state index in [1.165, 1.54) is 32.1 Å². The molecule has 1 aromatic rings. The Hall–Kier alpha value is -1.79. The molecule has 1 aromatic carbocycles. The molecule has 4 unspecified atom stereocenters. The van der Waals surface area contributed by atoms with E-state index >= 15 is 0 Å². The minimum Gasteiger partial charge on any atom is -0.489 e. The zero-order chi connectivity index (χ0) is 21.6. The number of likely N-dealkylation sites (tertiary alicyclic amines) is 1. The molecule has 3 aliphatic rings. The van der Waals surface area contributed by atoms with Crippen LogP contribution in [0.1, 0.15) is 76.4 Å². The van der Waals surface area contributed by atoms with Crippen molar-refractivity contribution in [3.8, 4) is 11.5 Å². The third-order valence-corrected chi connectivity index (χ3v) is 6.79. The lowest BCUT2D eigenvalue weighted by atomic mass is 10.0. The average molecular weight is 431 g/mol. The van der Waals surface area contributed by atoms with Crippen molar-refractivity contribution in [2.45, 2.75) is 83.0 Å². The van der Waals surface area contributed by atoms with E-state index in [1.54, 1.807) is 0 Å².